The number of nitrogens with zero attached hydrogens (tertiary/aromatic N) is 1. The Labute approximate surface area is 98.2 Å². The molecular formula is C13H22N2O. The van der Waals surface area contributed by atoms with Gasteiger partial charge >= 0.3 is 0 Å². The van der Waals surface area contributed by atoms with Crippen molar-refractivity contribution in [2.24, 2.45) is 5.92 Å². The molecule has 0 aliphatic carbocycles. The van der Waals surface area contributed by atoms with Crippen LogP contribution in [0.15, 0.2) is 18.3 Å². The van der Waals surface area contributed by atoms with Gasteiger partial charge in [-0.1, -0.05) is 26.8 Å². The lowest BCUT2D eigenvalue weighted by molar-refractivity contribution is 0.261. The van der Waals surface area contributed by atoms with Crippen LogP contribution in [0.4, 0.5) is 0 Å². The van der Waals surface area contributed by atoms with E-state index in [1.165, 1.54) is 5.56 Å². The second-order valence-corrected chi connectivity index (χ2v) is 4.41. The Morgan fingerprint density at radius 1 is 1.31 bits per heavy atom. The van der Waals surface area contributed by atoms with E-state index in [4.69, 9.17) is 4.74 Å². The van der Waals surface area contributed by atoms with Crippen molar-refractivity contribution in [2.45, 2.75) is 33.7 Å². The molecule has 0 aliphatic heterocycles. The summed E-state index contributed by atoms with van der Waals surface area (Å²) in [5.74, 6) is 1.24. The summed E-state index contributed by atoms with van der Waals surface area (Å²) in [6.07, 6.45) is 1.88. The molecule has 1 rings (SSSR count). The zero-order valence-electron chi connectivity index (χ0n) is 10.7. The molecule has 0 radical (unpaired) electrons. The highest BCUT2D eigenvalue weighted by Gasteiger charge is 2.04. The fourth-order valence-electron chi connectivity index (χ4n) is 1.41. The number of ether oxygens (including phenoxy) is 1. The summed E-state index contributed by atoms with van der Waals surface area (Å²) >= 11 is 0. The lowest BCUT2D eigenvalue weighted by Gasteiger charge is -2.13. The molecule has 0 saturated carbocycles. The van der Waals surface area contributed by atoms with Gasteiger partial charge in [-0.25, -0.2) is 4.98 Å². The minimum Gasteiger partial charge on any atom is -0.477 e. The molecule has 3 nitrogen and oxygen atoms in total. The predicted molar refractivity (Wildman–Crippen MR) is 66.7 cm³/mol. The second kappa shape index (κ2) is 6.48. The van der Waals surface area contributed by atoms with Crippen molar-refractivity contribution in [3.63, 3.8) is 0 Å². The SMILES string of the molecule is CCNC(C)c1ccc(OCC(C)C)nc1. The summed E-state index contributed by atoms with van der Waals surface area (Å²) in [5.41, 5.74) is 1.19. The minimum atomic E-state index is 0.344. The fraction of sp³-hybridized carbons (Fsp3) is 0.615. The third-order valence-corrected chi connectivity index (χ3v) is 2.33. The van der Waals surface area contributed by atoms with Gasteiger partial charge in [0.2, 0.25) is 5.88 Å². The fourth-order valence-corrected chi connectivity index (χ4v) is 1.41. The zero-order valence-corrected chi connectivity index (χ0v) is 10.7. The normalized spacial score (nSPS) is 12.8. The Hall–Kier alpha value is -1.09. The van der Waals surface area contributed by atoms with Crippen LogP contribution in [-0.4, -0.2) is 18.1 Å². The van der Waals surface area contributed by atoms with Gasteiger partial charge in [0.05, 0.1) is 6.61 Å². The maximum absolute atomic E-state index is 5.53. The molecule has 1 aromatic heterocycles. The summed E-state index contributed by atoms with van der Waals surface area (Å²) in [4.78, 5) is 4.29. The maximum Gasteiger partial charge on any atom is 0.213 e. The summed E-state index contributed by atoms with van der Waals surface area (Å²) in [7, 11) is 0. The van der Waals surface area contributed by atoms with Gasteiger partial charge in [-0.3, -0.25) is 0 Å². The number of pyridine rings is 1. The monoisotopic (exact) mass is 222 g/mol. The lowest BCUT2D eigenvalue weighted by Crippen LogP contribution is -2.17. The molecule has 0 aromatic carbocycles. The summed E-state index contributed by atoms with van der Waals surface area (Å²) in [5, 5.41) is 3.35. The van der Waals surface area contributed by atoms with Crippen LogP contribution in [-0.2, 0) is 0 Å². The first-order valence-corrected chi connectivity index (χ1v) is 5.95. The highest BCUT2D eigenvalue weighted by atomic mass is 16.5. The average Bonchev–Trinajstić information content (AvgIpc) is 2.27. The smallest absolute Gasteiger partial charge is 0.213 e. The van der Waals surface area contributed by atoms with Crippen molar-refractivity contribution in [1.29, 1.82) is 0 Å². The molecule has 0 amide bonds. The third kappa shape index (κ3) is 4.19. The van der Waals surface area contributed by atoms with E-state index >= 15 is 0 Å². The van der Waals surface area contributed by atoms with Gasteiger partial charge in [0.15, 0.2) is 0 Å². The van der Waals surface area contributed by atoms with Gasteiger partial charge in [0.25, 0.3) is 0 Å². The number of aromatic nitrogens is 1. The highest BCUT2D eigenvalue weighted by Crippen LogP contribution is 2.14. The van der Waals surface area contributed by atoms with Crippen LogP contribution in [0.5, 0.6) is 5.88 Å². The van der Waals surface area contributed by atoms with E-state index in [1.807, 2.05) is 12.3 Å². The van der Waals surface area contributed by atoms with Crippen LogP contribution in [0, 0.1) is 5.92 Å². The summed E-state index contributed by atoms with van der Waals surface area (Å²) in [6, 6.07) is 4.35. The summed E-state index contributed by atoms with van der Waals surface area (Å²) < 4.78 is 5.53. The van der Waals surface area contributed by atoms with Gasteiger partial charge in [0, 0.05) is 18.3 Å². The predicted octanol–water partition coefficient (Wildman–Crippen LogP) is 2.79. The van der Waals surface area contributed by atoms with Crippen molar-refractivity contribution < 1.29 is 4.74 Å². The molecule has 0 fully saturated rings. The van der Waals surface area contributed by atoms with Crippen LogP contribution >= 0.6 is 0 Å². The highest BCUT2D eigenvalue weighted by molar-refractivity contribution is 5.20. The Morgan fingerprint density at radius 3 is 2.56 bits per heavy atom. The van der Waals surface area contributed by atoms with E-state index in [1.54, 1.807) is 0 Å². The van der Waals surface area contributed by atoms with E-state index in [0.29, 0.717) is 17.8 Å². The first-order chi connectivity index (χ1) is 7.63. The van der Waals surface area contributed by atoms with Crippen LogP contribution in [0.2, 0.25) is 0 Å². The molecule has 16 heavy (non-hydrogen) atoms. The van der Waals surface area contributed by atoms with E-state index in [-0.39, 0.29) is 0 Å². The molecule has 90 valence electrons. The van der Waals surface area contributed by atoms with Gasteiger partial charge in [0.1, 0.15) is 0 Å². The van der Waals surface area contributed by atoms with Crippen LogP contribution in [0.3, 0.4) is 0 Å². The van der Waals surface area contributed by atoms with E-state index < -0.39 is 0 Å². The number of hydrogen-bond acceptors (Lipinski definition) is 3. The zero-order chi connectivity index (χ0) is 12.0. The number of rotatable bonds is 6. The van der Waals surface area contributed by atoms with Gasteiger partial charge in [-0.05, 0) is 24.9 Å². The number of nitrogens with one attached hydrogen (secondary N) is 1. The quantitative estimate of drug-likeness (QED) is 0.803. The molecule has 0 saturated heterocycles. The Bertz CT molecular complexity index is 295. The first kappa shape index (κ1) is 13.0. The second-order valence-electron chi connectivity index (χ2n) is 4.41. The minimum absolute atomic E-state index is 0.344. The molecule has 1 aromatic rings. The molecular weight excluding hydrogens is 200 g/mol. The first-order valence-electron chi connectivity index (χ1n) is 5.95. The largest absolute Gasteiger partial charge is 0.477 e. The van der Waals surface area contributed by atoms with E-state index in [0.717, 1.165) is 13.2 Å². The molecule has 1 unspecified atom stereocenters. The third-order valence-electron chi connectivity index (χ3n) is 2.33. The topological polar surface area (TPSA) is 34.1 Å². The maximum atomic E-state index is 5.53. The van der Waals surface area contributed by atoms with Crippen molar-refractivity contribution in [3.05, 3.63) is 23.9 Å². The van der Waals surface area contributed by atoms with Gasteiger partial charge < -0.3 is 10.1 Å². The van der Waals surface area contributed by atoms with Crippen molar-refractivity contribution >= 4 is 0 Å². The van der Waals surface area contributed by atoms with Crippen molar-refractivity contribution in [1.82, 2.24) is 10.3 Å². The molecule has 1 heterocycles. The molecule has 1 atom stereocenters. The van der Waals surface area contributed by atoms with E-state index in [9.17, 15) is 0 Å². The molecule has 0 spiro atoms. The van der Waals surface area contributed by atoms with Crippen molar-refractivity contribution in [3.8, 4) is 5.88 Å². The van der Waals surface area contributed by atoms with Crippen LogP contribution in [0.1, 0.15) is 39.3 Å². The molecule has 0 bridgehead atoms. The van der Waals surface area contributed by atoms with Crippen LogP contribution < -0.4 is 10.1 Å². The average molecular weight is 222 g/mol. The summed E-state index contributed by atoms with van der Waals surface area (Å²) in [6.45, 7) is 10.2. The molecule has 0 aliphatic rings. The molecule has 3 heteroatoms. The van der Waals surface area contributed by atoms with Gasteiger partial charge in [-0.2, -0.15) is 0 Å². The van der Waals surface area contributed by atoms with E-state index in [2.05, 4.69) is 44.1 Å². The Morgan fingerprint density at radius 2 is 2.06 bits per heavy atom. The van der Waals surface area contributed by atoms with Crippen molar-refractivity contribution in [2.75, 3.05) is 13.2 Å². The Balaban J connectivity index is 2.53. The van der Waals surface area contributed by atoms with Gasteiger partial charge in [-0.15, -0.1) is 0 Å². The standard InChI is InChI=1S/C13H22N2O/c1-5-14-11(4)12-6-7-13(15-8-12)16-9-10(2)3/h6-8,10-11,14H,5,9H2,1-4H3. The Kier molecular flexibility index (Phi) is 5.26. The molecule has 1 N–H and O–H groups in total. The number of hydrogen-bond donors (Lipinski definition) is 1. The lowest BCUT2D eigenvalue weighted by atomic mass is 10.1. The van der Waals surface area contributed by atoms with Crippen LogP contribution in [0.25, 0.3) is 0 Å².